The zero-order valence-corrected chi connectivity index (χ0v) is 16.9. The molecule has 0 atom stereocenters. The van der Waals surface area contributed by atoms with Crippen LogP contribution >= 0.6 is 0 Å². The minimum absolute atomic E-state index is 0.221. The molecular weight excluding hydrogens is 362 g/mol. The molecule has 1 saturated heterocycles. The van der Waals surface area contributed by atoms with E-state index in [0.29, 0.717) is 6.54 Å². The number of carbonyl (C=O) groups is 1. The number of benzene rings is 2. The molecule has 1 aromatic heterocycles. The van der Waals surface area contributed by atoms with E-state index < -0.39 is 0 Å². The van der Waals surface area contributed by atoms with Gasteiger partial charge in [-0.15, -0.1) is 0 Å². The van der Waals surface area contributed by atoms with Crippen molar-refractivity contribution in [1.29, 1.82) is 0 Å². The number of anilines is 1. The Labute approximate surface area is 171 Å². The number of piperazine rings is 1. The fraction of sp³-hybridized carbons (Fsp3) is 0.391. The Bertz CT molecular complexity index is 1030. The van der Waals surface area contributed by atoms with E-state index in [9.17, 15) is 4.79 Å². The van der Waals surface area contributed by atoms with Gasteiger partial charge in [0.1, 0.15) is 5.82 Å². The molecule has 29 heavy (non-hydrogen) atoms. The number of amides is 1. The van der Waals surface area contributed by atoms with E-state index >= 15 is 0 Å². The highest BCUT2D eigenvalue weighted by Gasteiger charge is 2.27. The van der Waals surface area contributed by atoms with Gasteiger partial charge in [0.15, 0.2) is 0 Å². The van der Waals surface area contributed by atoms with Crippen molar-refractivity contribution >= 4 is 22.6 Å². The summed E-state index contributed by atoms with van der Waals surface area (Å²) < 4.78 is 2.19. The standard InChI is InChI=1S/C23H27N5O/c1-25-21-9-5-3-7-19(21)24-22(25)16-26-12-14-27(15-13-26)17-23(29)28-11-10-18-6-2-4-8-20(18)28/h2-9H,10-17H2,1H3. The first-order valence-corrected chi connectivity index (χ1v) is 10.4. The quantitative estimate of drug-likeness (QED) is 0.687. The van der Waals surface area contributed by atoms with Gasteiger partial charge < -0.3 is 9.47 Å². The first-order valence-electron chi connectivity index (χ1n) is 10.4. The summed E-state index contributed by atoms with van der Waals surface area (Å²) >= 11 is 0. The Morgan fingerprint density at radius 3 is 2.48 bits per heavy atom. The molecule has 6 nitrogen and oxygen atoms in total. The number of aryl methyl sites for hydroxylation is 1. The van der Waals surface area contributed by atoms with Crippen LogP contribution in [0.5, 0.6) is 0 Å². The lowest BCUT2D eigenvalue weighted by Crippen LogP contribution is -2.49. The molecule has 150 valence electrons. The molecule has 0 unspecified atom stereocenters. The summed E-state index contributed by atoms with van der Waals surface area (Å²) in [7, 11) is 2.09. The lowest BCUT2D eigenvalue weighted by molar-refractivity contribution is -0.120. The Morgan fingerprint density at radius 2 is 1.66 bits per heavy atom. The molecule has 2 aromatic carbocycles. The predicted molar refractivity (Wildman–Crippen MR) is 115 cm³/mol. The van der Waals surface area contributed by atoms with Crippen LogP contribution in [0.15, 0.2) is 48.5 Å². The Balaban J connectivity index is 1.17. The minimum atomic E-state index is 0.221. The predicted octanol–water partition coefficient (Wildman–Crippen LogP) is 2.28. The number of carbonyl (C=O) groups excluding carboxylic acids is 1. The first-order chi connectivity index (χ1) is 14.2. The van der Waals surface area contributed by atoms with Crippen molar-refractivity contribution in [3.63, 3.8) is 0 Å². The molecule has 0 radical (unpaired) electrons. The smallest absolute Gasteiger partial charge is 0.241 e. The topological polar surface area (TPSA) is 44.6 Å². The molecule has 0 aliphatic carbocycles. The van der Waals surface area contributed by atoms with Crippen LogP contribution in [-0.2, 0) is 24.8 Å². The highest BCUT2D eigenvalue weighted by Crippen LogP contribution is 2.27. The third-order valence-electron chi connectivity index (χ3n) is 6.26. The fourth-order valence-corrected chi connectivity index (χ4v) is 4.52. The van der Waals surface area contributed by atoms with Crippen LogP contribution in [0.3, 0.4) is 0 Å². The van der Waals surface area contributed by atoms with E-state index in [4.69, 9.17) is 4.98 Å². The second-order valence-corrected chi connectivity index (χ2v) is 8.05. The minimum Gasteiger partial charge on any atom is -0.330 e. The van der Waals surface area contributed by atoms with Gasteiger partial charge in [0.25, 0.3) is 0 Å². The summed E-state index contributed by atoms with van der Waals surface area (Å²) in [4.78, 5) is 24.3. The number of rotatable bonds is 4. The van der Waals surface area contributed by atoms with Crippen LogP contribution in [0.4, 0.5) is 5.69 Å². The summed E-state index contributed by atoms with van der Waals surface area (Å²) in [5, 5.41) is 0. The van der Waals surface area contributed by atoms with Gasteiger partial charge in [-0.3, -0.25) is 14.6 Å². The average molecular weight is 390 g/mol. The van der Waals surface area contributed by atoms with Crippen LogP contribution in [0, 0.1) is 0 Å². The van der Waals surface area contributed by atoms with Gasteiger partial charge in [-0.1, -0.05) is 30.3 Å². The molecule has 1 fully saturated rings. The third kappa shape index (κ3) is 3.54. The van der Waals surface area contributed by atoms with E-state index in [2.05, 4.69) is 57.8 Å². The highest BCUT2D eigenvalue weighted by molar-refractivity contribution is 5.96. The van der Waals surface area contributed by atoms with Gasteiger partial charge >= 0.3 is 0 Å². The van der Waals surface area contributed by atoms with E-state index in [1.54, 1.807) is 0 Å². The molecule has 0 N–H and O–H groups in total. The summed E-state index contributed by atoms with van der Waals surface area (Å²) in [5.41, 5.74) is 4.61. The highest BCUT2D eigenvalue weighted by atomic mass is 16.2. The van der Waals surface area contributed by atoms with Crippen LogP contribution < -0.4 is 4.90 Å². The molecule has 2 aliphatic heterocycles. The Kier molecular flexibility index (Phi) is 4.81. The summed E-state index contributed by atoms with van der Waals surface area (Å²) in [6.45, 7) is 5.95. The van der Waals surface area contributed by atoms with Crippen LogP contribution in [0.1, 0.15) is 11.4 Å². The van der Waals surface area contributed by atoms with Crippen LogP contribution in [0.2, 0.25) is 0 Å². The fourth-order valence-electron chi connectivity index (χ4n) is 4.52. The first kappa shape index (κ1) is 18.3. The van der Waals surface area contributed by atoms with Crippen molar-refractivity contribution in [1.82, 2.24) is 19.4 Å². The van der Waals surface area contributed by atoms with Gasteiger partial charge in [-0.2, -0.15) is 0 Å². The number of imidazole rings is 1. The lowest BCUT2D eigenvalue weighted by Gasteiger charge is -2.34. The molecule has 3 heterocycles. The second-order valence-electron chi connectivity index (χ2n) is 8.05. The molecule has 0 saturated carbocycles. The second kappa shape index (κ2) is 7.61. The van der Waals surface area contributed by atoms with Gasteiger partial charge in [-0.25, -0.2) is 4.98 Å². The van der Waals surface area contributed by atoms with Gasteiger partial charge in [-0.05, 0) is 30.2 Å². The van der Waals surface area contributed by atoms with E-state index in [0.717, 1.165) is 62.7 Å². The Hall–Kier alpha value is -2.70. The van der Waals surface area contributed by atoms with Crippen LogP contribution in [-0.4, -0.2) is 64.5 Å². The number of aromatic nitrogens is 2. The summed E-state index contributed by atoms with van der Waals surface area (Å²) in [6.07, 6.45) is 0.966. The maximum atomic E-state index is 12.9. The maximum Gasteiger partial charge on any atom is 0.241 e. The number of para-hydroxylation sites is 3. The van der Waals surface area contributed by atoms with Gasteiger partial charge in [0.05, 0.1) is 24.1 Å². The van der Waals surface area contributed by atoms with Crippen molar-refractivity contribution in [2.45, 2.75) is 13.0 Å². The molecule has 3 aromatic rings. The zero-order valence-electron chi connectivity index (χ0n) is 16.9. The van der Waals surface area contributed by atoms with Gasteiger partial charge in [0.2, 0.25) is 5.91 Å². The SMILES string of the molecule is Cn1c(CN2CCN(CC(=O)N3CCc4ccccc43)CC2)nc2ccccc21. The van der Waals surface area contributed by atoms with Crippen LogP contribution in [0.25, 0.3) is 11.0 Å². The van der Waals surface area contributed by atoms with Gasteiger partial charge in [0, 0.05) is 45.5 Å². The molecule has 5 rings (SSSR count). The number of fused-ring (bicyclic) bond motifs is 2. The molecule has 0 bridgehead atoms. The van der Waals surface area contributed by atoms with E-state index in [-0.39, 0.29) is 5.91 Å². The van der Waals surface area contributed by atoms with Crippen molar-refractivity contribution < 1.29 is 4.79 Å². The maximum absolute atomic E-state index is 12.9. The summed E-state index contributed by atoms with van der Waals surface area (Å²) in [5.74, 6) is 1.32. The largest absolute Gasteiger partial charge is 0.330 e. The normalized spacial score (nSPS) is 17.8. The third-order valence-corrected chi connectivity index (χ3v) is 6.26. The number of nitrogens with zero attached hydrogens (tertiary/aromatic N) is 5. The molecule has 0 spiro atoms. The Morgan fingerprint density at radius 1 is 0.931 bits per heavy atom. The monoisotopic (exact) mass is 389 g/mol. The average Bonchev–Trinajstić information content (AvgIpc) is 3.31. The van der Waals surface area contributed by atoms with Crippen molar-refractivity contribution in [3.8, 4) is 0 Å². The van der Waals surface area contributed by atoms with Crippen molar-refractivity contribution in [2.24, 2.45) is 7.05 Å². The van der Waals surface area contributed by atoms with E-state index in [1.165, 1.54) is 11.1 Å². The van der Waals surface area contributed by atoms with E-state index in [1.807, 2.05) is 17.0 Å². The lowest BCUT2D eigenvalue weighted by atomic mass is 10.2. The zero-order chi connectivity index (χ0) is 19.8. The molecular formula is C23H27N5O. The summed E-state index contributed by atoms with van der Waals surface area (Å²) in [6, 6.07) is 16.5. The molecule has 2 aliphatic rings. The van der Waals surface area contributed by atoms with Crippen molar-refractivity contribution in [2.75, 3.05) is 44.2 Å². The number of hydrogen-bond acceptors (Lipinski definition) is 4. The molecule has 1 amide bonds. The molecule has 6 heteroatoms. The number of hydrogen-bond donors (Lipinski definition) is 0. The van der Waals surface area contributed by atoms with Crippen molar-refractivity contribution in [3.05, 3.63) is 59.9 Å².